The molecule has 1 unspecified atom stereocenters. The molecule has 1 aliphatic heterocycles. The van der Waals surface area contributed by atoms with Crippen molar-refractivity contribution in [1.82, 2.24) is 4.90 Å². The van der Waals surface area contributed by atoms with Gasteiger partial charge in [-0.3, -0.25) is 9.69 Å². The van der Waals surface area contributed by atoms with Crippen LogP contribution in [0.4, 0.5) is 0 Å². The number of esters is 1. The lowest BCUT2D eigenvalue weighted by molar-refractivity contribution is -0.146. The van der Waals surface area contributed by atoms with Crippen molar-refractivity contribution in [3.05, 3.63) is 29.3 Å². The number of rotatable bonds is 3. The second kappa shape index (κ2) is 5.40. The van der Waals surface area contributed by atoms with Gasteiger partial charge in [-0.15, -0.1) is 0 Å². The lowest BCUT2D eigenvalue weighted by Crippen LogP contribution is -2.42. The van der Waals surface area contributed by atoms with Gasteiger partial charge in [0.1, 0.15) is 11.8 Å². The second-order valence-electron chi connectivity index (χ2n) is 4.55. The SMILES string of the molecule is COC(=O)C(C)N1CCc2cc(OC)ccc2C1. The van der Waals surface area contributed by atoms with Crippen molar-refractivity contribution in [1.29, 1.82) is 0 Å². The maximum absolute atomic E-state index is 11.5. The highest BCUT2D eigenvalue weighted by Crippen LogP contribution is 2.24. The normalized spacial score (nSPS) is 16.8. The molecule has 0 saturated heterocycles. The minimum Gasteiger partial charge on any atom is -0.497 e. The number of nitrogens with zero attached hydrogens (tertiary/aromatic N) is 1. The third-order valence-electron chi connectivity index (χ3n) is 3.55. The van der Waals surface area contributed by atoms with E-state index in [-0.39, 0.29) is 12.0 Å². The molecule has 2 rings (SSSR count). The summed E-state index contributed by atoms with van der Waals surface area (Å²) in [6, 6.07) is 5.93. The molecule has 0 saturated carbocycles. The van der Waals surface area contributed by atoms with Crippen LogP contribution in [0.1, 0.15) is 18.1 Å². The molecule has 1 aliphatic rings. The van der Waals surface area contributed by atoms with Crippen LogP contribution in [0.5, 0.6) is 5.75 Å². The average Bonchev–Trinajstić information content (AvgIpc) is 2.44. The molecule has 0 aromatic heterocycles. The van der Waals surface area contributed by atoms with Crippen LogP contribution in [-0.2, 0) is 22.5 Å². The average molecular weight is 249 g/mol. The minimum atomic E-state index is -0.190. The maximum Gasteiger partial charge on any atom is 0.322 e. The number of hydrogen-bond acceptors (Lipinski definition) is 4. The fourth-order valence-corrected chi connectivity index (χ4v) is 2.33. The highest BCUT2D eigenvalue weighted by atomic mass is 16.5. The summed E-state index contributed by atoms with van der Waals surface area (Å²) in [5.41, 5.74) is 2.57. The van der Waals surface area contributed by atoms with Crippen LogP contribution in [0.3, 0.4) is 0 Å². The van der Waals surface area contributed by atoms with Crippen LogP contribution >= 0.6 is 0 Å². The van der Waals surface area contributed by atoms with Crippen molar-refractivity contribution >= 4 is 5.97 Å². The Morgan fingerprint density at radius 3 is 2.78 bits per heavy atom. The van der Waals surface area contributed by atoms with Crippen molar-refractivity contribution in [2.45, 2.75) is 25.9 Å². The van der Waals surface area contributed by atoms with Gasteiger partial charge in [-0.1, -0.05) is 6.07 Å². The van der Waals surface area contributed by atoms with E-state index in [1.807, 2.05) is 13.0 Å². The summed E-state index contributed by atoms with van der Waals surface area (Å²) < 4.78 is 10.0. The molecule has 0 amide bonds. The van der Waals surface area contributed by atoms with E-state index in [1.165, 1.54) is 18.2 Å². The van der Waals surface area contributed by atoms with E-state index in [9.17, 15) is 4.79 Å². The number of fused-ring (bicyclic) bond motifs is 1. The third-order valence-corrected chi connectivity index (χ3v) is 3.55. The lowest BCUT2D eigenvalue weighted by Gasteiger charge is -2.32. The van der Waals surface area contributed by atoms with Gasteiger partial charge >= 0.3 is 5.97 Å². The van der Waals surface area contributed by atoms with Gasteiger partial charge in [0, 0.05) is 13.1 Å². The largest absolute Gasteiger partial charge is 0.497 e. The van der Waals surface area contributed by atoms with E-state index < -0.39 is 0 Å². The number of ether oxygens (including phenoxy) is 2. The number of methoxy groups -OCH3 is 2. The van der Waals surface area contributed by atoms with Gasteiger partial charge in [-0.2, -0.15) is 0 Å². The molecule has 98 valence electrons. The molecule has 1 atom stereocenters. The number of carbonyl (C=O) groups is 1. The van der Waals surface area contributed by atoms with Gasteiger partial charge < -0.3 is 9.47 Å². The molecule has 1 heterocycles. The molecule has 0 fully saturated rings. The maximum atomic E-state index is 11.5. The molecule has 1 aromatic rings. The van der Waals surface area contributed by atoms with Crippen molar-refractivity contribution in [3.8, 4) is 5.75 Å². The minimum absolute atomic E-state index is 0.174. The second-order valence-corrected chi connectivity index (χ2v) is 4.55. The molecular weight excluding hydrogens is 230 g/mol. The van der Waals surface area contributed by atoms with Crippen LogP contribution < -0.4 is 4.74 Å². The van der Waals surface area contributed by atoms with Crippen LogP contribution in [-0.4, -0.2) is 37.7 Å². The molecule has 0 spiro atoms. The number of hydrogen-bond donors (Lipinski definition) is 0. The Hall–Kier alpha value is -1.55. The molecule has 4 nitrogen and oxygen atoms in total. The zero-order valence-electron chi connectivity index (χ0n) is 11.1. The molecular formula is C14H19NO3. The van der Waals surface area contributed by atoms with Gasteiger partial charge in [0.05, 0.1) is 14.2 Å². The molecule has 0 radical (unpaired) electrons. The molecule has 4 heteroatoms. The Kier molecular flexibility index (Phi) is 3.87. The first kappa shape index (κ1) is 12.9. The summed E-state index contributed by atoms with van der Waals surface area (Å²) in [5, 5.41) is 0. The van der Waals surface area contributed by atoms with Gasteiger partial charge in [-0.05, 0) is 36.6 Å². The highest BCUT2D eigenvalue weighted by Gasteiger charge is 2.25. The van der Waals surface area contributed by atoms with Gasteiger partial charge in [0.25, 0.3) is 0 Å². The Morgan fingerprint density at radius 1 is 1.33 bits per heavy atom. The molecule has 0 aliphatic carbocycles. The van der Waals surface area contributed by atoms with E-state index in [2.05, 4.69) is 17.0 Å². The van der Waals surface area contributed by atoms with Crippen LogP contribution in [0.25, 0.3) is 0 Å². The summed E-state index contributed by atoms with van der Waals surface area (Å²) in [4.78, 5) is 13.7. The molecule has 1 aromatic carbocycles. The molecule has 0 bridgehead atoms. The smallest absolute Gasteiger partial charge is 0.322 e. The first-order valence-electron chi connectivity index (χ1n) is 6.13. The van der Waals surface area contributed by atoms with Gasteiger partial charge in [0.15, 0.2) is 0 Å². The number of benzene rings is 1. The lowest BCUT2D eigenvalue weighted by atomic mass is 9.98. The Morgan fingerprint density at radius 2 is 2.11 bits per heavy atom. The molecule has 18 heavy (non-hydrogen) atoms. The summed E-state index contributed by atoms with van der Waals surface area (Å²) in [6.07, 6.45) is 0.938. The van der Waals surface area contributed by atoms with Crippen molar-refractivity contribution in [2.75, 3.05) is 20.8 Å². The zero-order valence-corrected chi connectivity index (χ0v) is 11.1. The van der Waals surface area contributed by atoms with Crippen molar-refractivity contribution in [2.24, 2.45) is 0 Å². The fourth-order valence-electron chi connectivity index (χ4n) is 2.33. The standard InChI is InChI=1S/C14H19NO3/c1-10(14(16)18-3)15-7-6-11-8-13(17-2)5-4-12(11)9-15/h4-5,8,10H,6-7,9H2,1-3H3. The summed E-state index contributed by atoms with van der Waals surface area (Å²) in [6.45, 7) is 3.55. The topological polar surface area (TPSA) is 38.8 Å². The third kappa shape index (κ3) is 2.48. The quantitative estimate of drug-likeness (QED) is 0.763. The first-order valence-corrected chi connectivity index (χ1v) is 6.13. The van der Waals surface area contributed by atoms with Crippen LogP contribution in [0.2, 0.25) is 0 Å². The summed E-state index contributed by atoms with van der Waals surface area (Å²) >= 11 is 0. The summed E-state index contributed by atoms with van der Waals surface area (Å²) in [7, 11) is 3.11. The fraction of sp³-hybridized carbons (Fsp3) is 0.500. The van der Waals surface area contributed by atoms with Crippen LogP contribution in [0, 0.1) is 0 Å². The van der Waals surface area contributed by atoms with Crippen molar-refractivity contribution in [3.63, 3.8) is 0 Å². The van der Waals surface area contributed by atoms with E-state index in [0.29, 0.717) is 0 Å². The molecule has 0 N–H and O–H groups in total. The van der Waals surface area contributed by atoms with Gasteiger partial charge in [0.2, 0.25) is 0 Å². The Balaban J connectivity index is 2.13. The predicted octanol–water partition coefficient (Wildman–Crippen LogP) is 1.61. The first-order chi connectivity index (χ1) is 8.65. The van der Waals surface area contributed by atoms with E-state index in [4.69, 9.17) is 9.47 Å². The Bertz CT molecular complexity index is 445. The number of carbonyl (C=O) groups excluding carboxylic acids is 1. The van der Waals surface area contributed by atoms with E-state index in [0.717, 1.165) is 25.3 Å². The van der Waals surface area contributed by atoms with Crippen LogP contribution in [0.15, 0.2) is 18.2 Å². The van der Waals surface area contributed by atoms with Gasteiger partial charge in [-0.25, -0.2) is 0 Å². The van der Waals surface area contributed by atoms with E-state index in [1.54, 1.807) is 7.11 Å². The van der Waals surface area contributed by atoms with Crippen molar-refractivity contribution < 1.29 is 14.3 Å². The predicted molar refractivity (Wildman–Crippen MR) is 68.6 cm³/mol. The Labute approximate surface area is 107 Å². The zero-order chi connectivity index (χ0) is 13.1. The van der Waals surface area contributed by atoms with E-state index >= 15 is 0 Å². The monoisotopic (exact) mass is 249 g/mol. The summed E-state index contributed by atoms with van der Waals surface area (Å²) in [5.74, 6) is 0.718. The highest BCUT2D eigenvalue weighted by molar-refractivity contribution is 5.75.